The fourth-order valence-electron chi connectivity index (χ4n) is 7.24. The first-order valence-electron chi connectivity index (χ1n) is 15.5. The third-order valence-electron chi connectivity index (χ3n) is 9.48. The van der Waals surface area contributed by atoms with Crippen LogP contribution in [0, 0.1) is 0 Å². The lowest BCUT2D eigenvalue weighted by Gasteiger charge is -2.13. The molecule has 10 rings (SSSR count). The van der Waals surface area contributed by atoms with Crippen molar-refractivity contribution in [3.05, 3.63) is 157 Å². The molecule has 45 heavy (non-hydrogen) atoms. The Labute approximate surface area is 269 Å². The van der Waals surface area contributed by atoms with Gasteiger partial charge in [-0.1, -0.05) is 84.9 Å². The molecular formula is C43H26S2. The van der Waals surface area contributed by atoms with Gasteiger partial charge >= 0.3 is 0 Å². The lowest BCUT2D eigenvalue weighted by Crippen LogP contribution is -1.88. The average Bonchev–Trinajstić information content (AvgIpc) is 3.78. The summed E-state index contributed by atoms with van der Waals surface area (Å²) in [5.41, 5.74) is 13.1. The third kappa shape index (κ3) is 4.03. The van der Waals surface area contributed by atoms with E-state index in [1.165, 1.54) is 96.0 Å². The number of thiophene rings is 2. The van der Waals surface area contributed by atoms with Crippen molar-refractivity contribution in [3.8, 4) is 44.5 Å². The van der Waals surface area contributed by atoms with Gasteiger partial charge in [-0.3, -0.25) is 0 Å². The van der Waals surface area contributed by atoms with Crippen LogP contribution < -0.4 is 0 Å². The first-order valence-corrected chi connectivity index (χ1v) is 17.1. The molecular weight excluding hydrogens is 581 g/mol. The smallest absolute Gasteiger partial charge is 0.0355 e. The predicted molar refractivity (Wildman–Crippen MR) is 197 cm³/mol. The summed E-state index contributed by atoms with van der Waals surface area (Å²) in [6.07, 6.45) is 1.01. The fourth-order valence-corrected chi connectivity index (χ4v) is 9.41. The molecule has 0 radical (unpaired) electrons. The monoisotopic (exact) mass is 606 g/mol. The molecule has 0 aliphatic heterocycles. The Hall–Kier alpha value is -5.02. The Balaban J connectivity index is 1.19. The van der Waals surface area contributed by atoms with Gasteiger partial charge in [0, 0.05) is 40.3 Å². The first kappa shape index (κ1) is 25.3. The molecule has 2 heteroatoms. The average molecular weight is 607 g/mol. The summed E-state index contributed by atoms with van der Waals surface area (Å²) in [7, 11) is 0. The van der Waals surface area contributed by atoms with Gasteiger partial charge in [-0.15, -0.1) is 22.7 Å². The normalized spacial score (nSPS) is 12.4. The van der Waals surface area contributed by atoms with Gasteiger partial charge in [0.1, 0.15) is 0 Å². The Kier molecular flexibility index (Phi) is 5.48. The van der Waals surface area contributed by atoms with E-state index in [0.717, 1.165) is 6.42 Å². The number of hydrogen-bond donors (Lipinski definition) is 0. The standard InChI is InChI=1S/C43H26S2/c1-2-8-34-29(7-1)19-30-14-13-26(23-37(30)34)31-20-32(27-15-17-42-38(24-27)35-9-3-5-11-40(35)44-42)22-33(21-31)28-16-18-43-39(25-28)36-10-4-6-12-41(36)45-43/h1-18,20-25H,19H2. The summed E-state index contributed by atoms with van der Waals surface area (Å²) in [6.45, 7) is 0. The molecule has 1 aliphatic rings. The molecule has 1 aliphatic carbocycles. The van der Waals surface area contributed by atoms with Crippen LogP contribution in [-0.2, 0) is 6.42 Å². The molecule has 7 aromatic carbocycles. The minimum atomic E-state index is 1.01. The van der Waals surface area contributed by atoms with Crippen molar-refractivity contribution in [2.45, 2.75) is 6.42 Å². The number of benzene rings is 7. The first-order chi connectivity index (χ1) is 22.2. The van der Waals surface area contributed by atoms with E-state index in [1.54, 1.807) is 0 Å². The van der Waals surface area contributed by atoms with Crippen LogP contribution in [0.3, 0.4) is 0 Å². The zero-order chi connectivity index (χ0) is 29.5. The second-order valence-corrected chi connectivity index (χ2v) is 14.3. The maximum Gasteiger partial charge on any atom is 0.0355 e. The van der Waals surface area contributed by atoms with Crippen molar-refractivity contribution >= 4 is 63.0 Å². The zero-order valence-electron chi connectivity index (χ0n) is 24.4. The van der Waals surface area contributed by atoms with Gasteiger partial charge in [0.2, 0.25) is 0 Å². The molecule has 0 saturated carbocycles. The Morgan fingerprint density at radius 1 is 0.311 bits per heavy atom. The Morgan fingerprint density at radius 2 is 0.778 bits per heavy atom. The molecule has 2 aromatic heterocycles. The van der Waals surface area contributed by atoms with E-state index in [2.05, 4.69) is 146 Å². The predicted octanol–water partition coefficient (Wildman–Crippen LogP) is 13.0. The molecule has 2 heterocycles. The largest absolute Gasteiger partial charge is 0.135 e. The minimum absolute atomic E-state index is 1.01. The third-order valence-corrected chi connectivity index (χ3v) is 11.8. The Bertz CT molecular complexity index is 2500. The fraction of sp³-hybridized carbons (Fsp3) is 0.0233. The molecule has 210 valence electrons. The van der Waals surface area contributed by atoms with Crippen LogP contribution in [0.2, 0.25) is 0 Å². The van der Waals surface area contributed by atoms with Gasteiger partial charge in [-0.25, -0.2) is 0 Å². The molecule has 0 N–H and O–H groups in total. The van der Waals surface area contributed by atoms with Crippen molar-refractivity contribution in [2.24, 2.45) is 0 Å². The van der Waals surface area contributed by atoms with Crippen molar-refractivity contribution < 1.29 is 0 Å². The zero-order valence-corrected chi connectivity index (χ0v) is 26.0. The summed E-state index contributed by atoms with van der Waals surface area (Å²) in [4.78, 5) is 0. The van der Waals surface area contributed by atoms with Crippen LogP contribution >= 0.6 is 22.7 Å². The summed E-state index contributed by atoms with van der Waals surface area (Å²) in [5, 5.41) is 5.34. The van der Waals surface area contributed by atoms with Crippen molar-refractivity contribution in [2.75, 3.05) is 0 Å². The highest BCUT2D eigenvalue weighted by molar-refractivity contribution is 7.26. The lowest BCUT2D eigenvalue weighted by atomic mass is 9.91. The second-order valence-electron chi connectivity index (χ2n) is 12.1. The SMILES string of the molecule is c1ccc2c(c1)Cc1ccc(-c3cc(-c4ccc5sc6ccccc6c5c4)cc(-c4ccc5sc6ccccc6c5c4)c3)cc1-2. The highest BCUT2D eigenvalue weighted by Gasteiger charge is 2.19. The quantitative estimate of drug-likeness (QED) is 0.188. The molecule has 0 saturated heterocycles. The van der Waals surface area contributed by atoms with Gasteiger partial charge in [-0.2, -0.15) is 0 Å². The van der Waals surface area contributed by atoms with E-state index in [-0.39, 0.29) is 0 Å². The van der Waals surface area contributed by atoms with Crippen LogP contribution in [0.15, 0.2) is 146 Å². The topological polar surface area (TPSA) is 0 Å². The van der Waals surface area contributed by atoms with E-state index in [4.69, 9.17) is 0 Å². The van der Waals surface area contributed by atoms with Crippen molar-refractivity contribution in [1.29, 1.82) is 0 Å². The van der Waals surface area contributed by atoms with Crippen LogP contribution in [0.4, 0.5) is 0 Å². The Morgan fingerprint density at radius 3 is 1.40 bits per heavy atom. The molecule has 0 spiro atoms. The van der Waals surface area contributed by atoms with E-state index < -0.39 is 0 Å². The highest BCUT2D eigenvalue weighted by Crippen LogP contribution is 2.43. The van der Waals surface area contributed by atoms with Crippen LogP contribution in [0.5, 0.6) is 0 Å². The molecule has 0 fully saturated rings. The van der Waals surface area contributed by atoms with Gasteiger partial charge in [0.15, 0.2) is 0 Å². The van der Waals surface area contributed by atoms with Gasteiger partial charge in [0.25, 0.3) is 0 Å². The van der Waals surface area contributed by atoms with Gasteiger partial charge in [0.05, 0.1) is 0 Å². The number of rotatable bonds is 3. The molecule has 0 bridgehead atoms. The molecule has 0 atom stereocenters. The van der Waals surface area contributed by atoms with Crippen molar-refractivity contribution in [3.63, 3.8) is 0 Å². The highest BCUT2D eigenvalue weighted by atomic mass is 32.1. The van der Waals surface area contributed by atoms with E-state index in [1.807, 2.05) is 22.7 Å². The van der Waals surface area contributed by atoms with Crippen molar-refractivity contribution in [1.82, 2.24) is 0 Å². The minimum Gasteiger partial charge on any atom is -0.135 e. The van der Waals surface area contributed by atoms with Crippen LogP contribution in [0.25, 0.3) is 84.9 Å². The molecule has 0 unspecified atom stereocenters. The summed E-state index contributed by atoms with van der Waals surface area (Å²) in [5.74, 6) is 0. The molecule has 0 nitrogen and oxygen atoms in total. The number of hydrogen-bond acceptors (Lipinski definition) is 2. The summed E-state index contributed by atoms with van der Waals surface area (Å²) in [6, 6.07) is 54.6. The lowest BCUT2D eigenvalue weighted by molar-refractivity contribution is 1.26. The van der Waals surface area contributed by atoms with Crippen LogP contribution in [0.1, 0.15) is 11.1 Å². The maximum atomic E-state index is 2.41. The molecule has 9 aromatic rings. The second kappa shape index (κ2) is 9.74. The van der Waals surface area contributed by atoms with E-state index in [9.17, 15) is 0 Å². The van der Waals surface area contributed by atoms with Crippen LogP contribution in [-0.4, -0.2) is 0 Å². The number of fused-ring (bicyclic) bond motifs is 9. The summed E-state index contributed by atoms with van der Waals surface area (Å²) < 4.78 is 5.36. The van der Waals surface area contributed by atoms with Gasteiger partial charge < -0.3 is 0 Å². The van der Waals surface area contributed by atoms with Gasteiger partial charge in [-0.05, 0) is 123 Å². The summed E-state index contributed by atoms with van der Waals surface area (Å²) >= 11 is 3.75. The van der Waals surface area contributed by atoms with E-state index >= 15 is 0 Å². The van der Waals surface area contributed by atoms with E-state index in [0.29, 0.717) is 0 Å². The molecule has 0 amide bonds. The maximum absolute atomic E-state index is 2.41.